The highest BCUT2D eigenvalue weighted by Gasteiger charge is 2.07. The number of fused-ring (bicyclic) bond motifs is 1. The van der Waals surface area contributed by atoms with Crippen molar-refractivity contribution in [2.45, 2.75) is 0 Å². The van der Waals surface area contributed by atoms with E-state index in [9.17, 15) is 9.90 Å². The lowest BCUT2D eigenvalue weighted by atomic mass is 10.2. The van der Waals surface area contributed by atoms with Crippen LogP contribution in [0.3, 0.4) is 0 Å². The number of para-hydroxylation sites is 1. The number of carbonyl (C=O) groups is 1. The van der Waals surface area contributed by atoms with Gasteiger partial charge in [0, 0.05) is 22.7 Å². The lowest BCUT2D eigenvalue weighted by Crippen LogP contribution is -2.10. The molecule has 104 valence electrons. The highest BCUT2D eigenvalue weighted by molar-refractivity contribution is 6.02. The summed E-state index contributed by atoms with van der Waals surface area (Å²) in [5.74, 6) is -0.437. The summed E-state index contributed by atoms with van der Waals surface area (Å²) in [6.07, 6.45) is 1.56. The Balaban J connectivity index is 2.00. The number of nitrogens with two attached hydrogens (primary N) is 1. The van der Waals surface area contributed by atoms with Crippen molar-refractivity contribution in [3.05, 3.63) is 59.7 Å². The first-order chi connectivity index (χ1) is 10.1. The van der Waals surface area contributed by atoms with Gasteiger partial charge in [-0.2, -0.15) is 0 Å². The number of nitrogens with zero attached hydrogens (tertiary/aromatic N) is 1. The lowest BCUT2D eigenvalue weighted by molar-refractivity contribution is 0.100. The number of nitrogens with one attached hydrogen (secondary N) is 1. The summed E-state index contributed by atoms with van der Waals surface area (Å²) in [5, 5.41) is 10.8. The number of aliphatic imine (C=N–C) groups is 1. The van der Waals surface area contributed by atoms with Crippen molar-refractivity contribution < 1.29 is 9.90 Å². The first-order valence-corrected chi connectivity index (χ1v) is 6.39. The fourth-order valence-electron chi connectivity index (χ4n) is 2.16. The van der Waals surface area contributed by atoms with E-state index in [0.717, 1.165) is 10.9 Å². The van der Waals surface area contributed by atoms with Crippen LogP contribution < -0.4 is 5.73 Å². The van der Waals surface area contributed by atoms with Crippen molar-refractivity contribution >= 4 is 28.7 Å². The third kappa shape index (κ3) is 2.49. The Hall–Kier alpha value is -3.08. The minimum atomic E-state index is -0.498. The number of aromatic nitrogens is 1. The van der Waals surface area contributed by atoms with Crippen molar-refractivity contribution in [2.24, 2.45) is 10.7 Å². The Labute approximate surface area is 120 Å². The molecule has 0 saturated carbocycles. The van der Waals surface area contributed by atoms with Crippen LogP contribution in [0.25, 0.3) is 10.9 Å². The molecule has 1 heterocycles. The van der Waals surface area contributed by atoms with E-state index in [2.05, 4.69) is 9.98 Å². The lowest BCUT2D eigenvalue weighted by Gasteiger charge is -1.97. The largest absolute Gasteiger partial charge is 0.494 e. The zero-order valence-corrected chi connectivity index (χ0v) is 11.1. The number of carbonyl (C=O) groups excluding carboxylic acids is 1. The zero-order valence-electron chi connectivity index (χ0n) is 11.1. The summed E-state index contributed by atoms with van der Waals surface area (Å²) in [4.78, 5) is 18.3. The van der Waals surface area contributed by atoms with Gasteiger partial charge in [-0.05, 0) is 24.3 Å². The van der Waals surface area contributed by atoms with Crippen LogP contribution in [-0.4, -0.2) is 22.2 Å². The van der Waals surface area contributed by atoms with Gasteiger partial charge in [-0.15, -0.1) is 0 Å². The van der Waals surface area contributed by atoms with E-state index in [4.69, 9.17) is 5.73 Å². The maximum Gasteiger partial charge on any atom is 0.248 e. The summed E-state index contributed by atoms with van der Waals surface area (Å²) in [7, 11) is 0. The average molecular weight is 279 g/mol. The SMILES string of the molecule is NC(=O)c1cccc(N=Cc2c(O)[nH]c3ccccc23)c1. The molecular formula is C16H13N3O2. The quantitative estimate of drug-likeness (QED) is 0.643. The molecule has 0 aliphatic rings. The second-order valence-corrected chi connectivity index (χ2v) is 4.61. The Bertz CT molecular complexity index is 850. The van der Waals surface area contributed by atoms with Crippen LogP contribution in [0, 0.1) is 0 Å². The van der Waals surface area contributed by atoms with Gasteiger partial charge in [0.1, 0.15) is 0 Å². The Morgan fingerprint density at radius 2 is 2.00 bits per heavy atom. The molecule has 3 aromatic rings. The van der Waals surface area contributed by atoms with Crippen LogP contribution in [0.1, 0.15) is 15.9 Å². The summed E-state index contributed by atoms with van der Waals surface area (Å²) in [5.41, 5.74) is 7.67. The van der Waals surface area contributed by atoms with E-state index in [1.807, 2.05) is 24.3 Å². The summed E-state index contributed by atoms with van der Waals surface area (Å²) in [6.45, 7) is 0. The molecule has 2 aromatic carbocycles. The number of amides is 1. The maximum absolute atomic E-state index is 11.1. The number of hydrogen-bond donors (Lipinski definition) is 3. The van der Waals surface area contributed by atoms with Crippen LogP contribution in [0.15, 0.2) is 53.5 Å². The summed E-state index contributed by atoms with van der Waals surface area (Å²) >= 11 is 0. The third-order valence-corrected chi connectivity index (χ3v) is 3.20. The molecule has 0 atom stereocenters. The molecule has 0 aliphatic heterocycles. The molecule has 0 spiro atoms. The monoisotopic (exact) mass is 279 g/mol. The van der Waals surface area contributed by atoms with E-state index in [-0.39, 0.29) is 5.88 Å². The van der Waals surface area contributed by atoms with Gasteiger partial charge in [-0.1, -0.05) is 24.3 Å². The first kappa shape index (κ1) is 12.9. The van der Waals surface area contributed by atoms with Crippen LogP contribution in [0.5, 0.6) is 5.88 Å². The van der Waals surface area contributed by atoms with Crippen molar-refractivity contribution in [3.63, 3.8) is 0 Å². The van der Waals surface area contributed by atoms with Crippen molar-refractivity contribution in [3.8, 4) is 5.88 Å². The molecule has 0 saturated heterocycles. The second-order valence-electron chi connectivity index (χ2n) is 4.61. The molecular weight excluding hydrogens is 266 g/mol. The molecule has 3 rings (SSSR count). The highest BCUT2D eigenvalue weighted by Crippen LogP contribution is 2.26. The molecule has 5 heteroatoms. The smallest absolute Gasteiger partial charge is 0.248 e. The first-order valence-electron chi connectivity index (χ1n) is 6.39. The molecule has 5 nitrogen and oxygen atoms in total. The molecule has 0 bridgehead atoms. The Morgan fingerprint density at radius 1 is 1.19 bits per heavy atom. The molecule has 0 unspecified atom stereocenters. The van der Waals surface area contributed by atoms with Crippen molar-refractivity contribution in [1.82, 2.24) is 4.98 Å². The van der Waals surface area contributed by atoms with Crippen LogP contribution in [-0.2, 0) is 0 Å². The Morgan fingerprint density at radius 3 is 2.81 bits per heavy atom. The molecule has 0 radical (unpaired) electrons. The maximum atomic E-state index is 11.1. The number of aromatic amines is 1. The standard InChI is InChI=1S/C16H13N3O2/c17-15(20)10-4-3-5-11(8-10)18-9-13-12-6-1-2-7-14(12)19-16(13)21/h1-9,19,21H,(H2,17,20). The number of H-pyrrole nitrogens is 1. The van der Waals surface area contributed by atoms with Crippen LogP contribution >= 0.6 is 0 Å². The fraction of sp³-hybridized carbons (Fsp3) is 0. The number of benzene rings is 2. The van der Waals surface area contributed by atoms with Gasteiger partial charge in [-0.3, -0.25) is 9.79 Å². The van der Waals surface area contributed by atoms with Crippen LogP contribution in [0.4, 0.5) is 5.69 Å². The molecule has 21 heavy (non-hydrogen) atoms. The van der Waals surface area contributed by atoms with E-state index in [1.54, 1.807) is 30.5 Å². The Kier molecular flexibility index (Phi) is 3.16. The fourth-order valence-corrected chi connectivity index (χ4v) is 2.16. The minimum absolute atomic E-state index is 0.0611. The minimum Gasteiger partial charge on any atom is -0.494 e. The van der Waals surface area contributed by atoms with Gasteiger partial charge in [0.2, 0.25) is 5.91 Å². The number of primary amides is 1. The van der Waals surface area contributed by atoms with Gasteiger partial charge in [0.05, 0.1) is 11.3 Å². The average Bonchev–Trinajstić information content (AvgIpc) is 2.81. The van der Waals surface area contributed by atoms with Gasteiger partial charge in [0.15, 0.2) is 5.88 Å². The van der Waals surface area contributed by atoms with E-state index >= 15 is 0 Å². The topological polar surface area (TPSA) is 91.5 Å². The van der Waals surface area contributed by atoms with E-state index in [0.29, 0.717) is 16.8 Å². The highest BCUT2D eigenvalue weighted by atomic mass is 16.3. The molecule has 4 N–H and O–H groups in total. The van der Waals surface area contributed by atoms with Gasteiger partial charge < -0.3 is 15.8 Å². The normalized spacial score (nSPS) is 11.2. The van der Waals surface area contributed by atoms with E-state index in [1.165, 1.54) is 0 Å². The van der Waals surface area contributed by atoms with Gasteiger partial charge in [-0.25, -0.2) is 0 Å². The summed E-state index contributed by atoms with van der Waals surface area (Å²) in [6, 6.07) is 14.2. The molecule has 1 amide bonds. The predicted molar refractivity (Wildman–Crippen MR) is 82.2 cm³/mol. The van der Waals surface area contributed by atoms with Crippen molar-refractivity contribution in [1.29, 1.82) is 0 Å². The van der Waals surface area contributed by atoms with Gasteiger partial charge >= 0.3 is 0 Å². The number of hydrogen-bond acceptors (Lipinski definition) is 3. The molecule has 0 fully saturated rings. The van der Waals surface area contributed by atoms with Crippen molar-refractivity contribution in [2.75, 3.05) is 0 Å². The van der Waals surface area contributed by atoms with Gasteiger partial charge in [0.25, 0.3) is 0 Å². The predicted octanol–water partition coefficient (Wildman–Crippen LogP) is 2.72. The summed E-state index contributed by atoms with van der Waals surface area (Å²) < 4.78 is 0. The zero-order chi connectivity index (χ0) is 14.8. The van der Waals surface area contributed by atoms with Crippen LogP contribution in [0.2, 0.25) is 0 Å². The molecule has 0 aliphatic carbocycles. The second kappa shape index (κ2) is 5.13. The number of rotatable bonds is 3. The number of aromatic hydroxyl groups is 1. The molecule has 1 aromatic heterocycles. The van der Waals surface area contributed by atoms with E-state index < -0.39 is 5.91 Å². The third-order valence-electron chi connectivity index (χ3n) is 3.20.